The summed E-state index contributed by atoms with van der Waals surface area (Å²) in [4.78, 5) is 0. The van der Waals surface area contributed by atoms with E-state index in [9.17, 15) is 8.42 Å². The lowest BCUT2D eigenvalue weighted by molar-refractivity contribution is 0.309. The van der Waals surface area contributed by atoms with Crippen molar-refractivity contribution in [3.05, 3.63) is 18.1 Å². The van der Waals surface area contributed by atoms with E-state index in [1.165, 1.54) is 0 Å². The fourth-order valence-corrected chi connectivity index (χ4v) is 1.89. The normalized spacial score (nSPS) is 11.6. The molecule has 0 bridgehead atoms. The van der Waals surface area contributed by atoms with E-state index in [1.54, 1.807) is 19.4 Å². The van der Waals surface area contributed by atoms with Crippen LogP contribution in [-0.4, -0.2) is 28.4 Å². The number of furan rings is 1. The average molecular weight is 262 g/mol. The molecule has 0 spiro atoms. The molecule has 0 aliphatic carbocycles. The molecule has 0 aliphatic heterocycles. The molecular weight excluding hydrogens is 244 g/mol. The maximum atomic E-state index is 10.7. The Balaban J connectivity index is 2.13. The minimum absolute atomic E-state index is 0.244. The Morgan fingerprint density at radius 1 is 1.29 bits per heavy atom. The predicted octanol–water partition coefficient (Wildman–Crippen LogP) is 1.98. The summed E-state index contributed by atoms with van der Waals surface area (Å²) in [7, 11) is -1.70. The summed E-state index contributed by atoms with van der Waals surface area (Å²) in [6.07, 6.45) is 5.96. The van der Waals surface area contributed by atoms with Gasteiger partial charge in [-0.15, -0.1) is 0 Å². The van der Waals surface area contributed by atoms with Crippen LogP contribution in [0.5, 0.6) is 5.75 Å². The summed E-state index contributed by atoms with van der Waals surface area (Å²) < 4.78 is 36.4. The van der Waals surface area contributed by atoms with Crippen LogP contribution in [0.25, 0.3) is 0 Å². The summed E-state index contributed by atoms with van der Waals surface area (Å²) in [6, 6.07) is 1.78. The molecule has 0 unspecified atom stereocenters. The summed E-state index contributed by atoms with van der Waals surface area (Å²) >= 11 is 0. The Morgan fingerprint density at radius 2 is 2.06 bits per heavy atom. The van der Waals surface area contributed by atoms with E-state index in [1.807, 2.05) is 0 Å². The molecule has 0 aromatic carbocycles. The Morgan fingerprint density at radius 3 is 2.71 bits per heavy atom. The van der Waals surface area contributed by atoms with Crippen LogP contribution in [-0.2, 0) is 20.7 Å². The Kier molecular flexibility index (Phi) is 5.50. The average Bonchev–Trinajstić information content (AvgIpc) is 2.69. The van der Waals surface area contributed by atoms with Gasteiger partial charge in [-0.2, -0.15) is 8.42 Å². The standard InChI is InChI=1S/C11H18O5S/c1-14-10-7-9-15-11(10)6-4-3-5-8-16-17(2,12)13/h7,9H,3-6,8H2,1-2H3. The molecule has 0 atom stereocenters. The lowest BCUT2D eigenvalue weighted by atomic mass is 10.1. The Hall–Kier alpha value is -1.01. The number of methoxy groups -OCH3 is 1. The van der Waals surface area contributed by atoms with Crippen LogP contribution in [0.2, 0.25) is 0 Å². The van der Waals surface area contributed by atoms with Gasteiger partial charge >= 0.3 is 0 Å². The number of ether oxygens (including phenoxy) is 1. The van der Waals surface area contributed by atoms with E-state index in [-0.39, 0.29) is 6.61 Å². The Labute approximate surface area is 102 Å². The first kappa shape index (κ1) is 14.1. The second-order valence-corrected chi connectivity index (χ2v) is 5.39. The first-order chi connectivity index (χ1) is 8.03. The van der Waals surface area contributed by atoms with Crippen molar-refractivity contribution in [3.63, 3.8) is 0 Å². The van der Waals surface area contributed by atoms with E-state index in [2.05, 4.69) is 4.18 Å². The van der Waals surface area contributed by atoms with Gasteiger partial charge in [0.25, 0.3) is 10.1 Å². The van der Waals surface area contributed by atoms with E-state index in [4.69, 9.17) is 9.15 Å². The minimum Gasteiger partial charge on any atom is -0.493 e. The molecule has 98 valence electrons. The third-order valence-electron chi connectivity index (χ3n) is 2.27. The molecule has 0 N–H and O–H groups in total. The quantitative estimate of drug-likeness (QED) is 0.529. The van der Waals surface area contributed by atoms with Crippen molar-refractivity contribution < 1.29 is 21.8 Å². The van der Waals surface area contributed by atoms with E-state index in [0.29, 0.717) is 0 Å². The molecule has 1 rings (SSSR count). The van der Waals surface area contributed by atoms with Crippen LogP contribution in [0, 0.1) is 0 Å². The molecule has 6 heteroatoms. The van der Waals surface area contributed by atoms with Crippen molar-refractivity contribution in [1.29, 1.82) is 0 Å². The van der Waals surface area contributed by atoms with Gasteiger partial charge < -0.3 is 9.15 Å². The number of rotatable bonds is 8. The lowest BCUT2D eigenvalue weighted by Crippen LogP contribution is -2.04. The van der Waals surface area contributed by atoms with Crippen LogP contribution < -0.4 is 4.74 Å². The monoisotopic (exact) mass is 262 g/mol. The zero-order valence-electron chi connectivity index (χ0n) is 10.1. The molecule has 0 fully saturated rings. The summed E-state index contributed by atoms with van der Waals surface area (Å²) in [6.45, 7) is 0.244. The van der Waals surface area contributed by atoms with Gasteiger partial charge in [-0.1, -0.05) is 6.42 Å². The van der Waals surface area contributed by atoms with Crippen LogP contribution in [0.4, 0.5) is 0 Å². The molecule has 1 aromatic rings. The van der Waals surface area contributed by atoms with Crippen LogP contribution in [0.1, 0.15) is 25.0 Å². The first-order valence-corrected chi connectivity index (χ1v) is 7.29. The highest BCUT2D eigenvalue weighted by atomic mass is 32.2. The number of hydrogen-bond donors (Lipinski definition) is 0. The van der Waals surface area contributed by atoms with Gasteiger partial charge in [0, 0.05) is 12.5 Å². The smallest absolute Gasteiger partial charge is 0.264 e. The highest BCUT2D eigenvalue weighted by Crippen LogP contribution is 2.21. The summed E-state index contributed by atoms with van der Waals surface area (Å²) in [5, 5.41) is 0. The molecule has 0 saturated carbocycles. The first-order valence-electron chi connectivity index (χ1n) is 5.47. The molecule has 0 saturated heterocycles. The molecule has 0 amide bonds. The third-order valence-corrected chi connectivity index (χ3v) is 2.86. The lowest BCUT2D eigenvalue weighted by Gasteiger charge is -2.02. The van der Waals surface area contributed by atoms with Crippen molar-refractivity contribution in [2.45, 2.75) is 25.7 Å². The van der Waals surface area contributed by atoms with E-state index in [0.717, 1.165) is 43.4 Å². The topological polar surface area (TPSA) is 65.7 Å². The van der Waals surface area contributed by atoms with Gasteiger partial charge in [0.15, 0.2) is 5.75 Å². The third kappa shape index (κ3) is 5.74. The molecule has 1 heterocycles. The zero-order chi connectivity index (χ0) is 12.7. The maximum Gasteiger partial charge on any atom is 0.264 e. The predicted molar refractivity (Wildman–Crippen MR) is 63.6 cm³/mol. The second kappa shape index (κ2) is 6.66. The zero-order valence-corrected chi connectivity index (χ0v) is 11.0. The molecular formula is C11H18O5S. The largest absolute Gasteiger partial charge is 0.493 e. The Bertz CT molecular complexity index is 421. The molecule has 0 radical (unpaired) electrons. The minimum atomic E-state index is -3.30. The summed E-state index contributed by atoms with van der Waals surface area (Å²) in [5.74, 6) is 1.59. The number of unbranched alkanes of at least 4 members (excludes halogenated alkanes) is 2. The molecule has 5 nitrogen and oxygen atoms in total. The highest BCUT2D eigenvalue weighted by molar-refractivity contribution is 7.85. The van der Waals surface area contributed by atoms with Crippen molar-refractivity contribution >= 4 is 10.1 Å². The van der Waals surface area contributed by atoms with E-state index >= 15 is 0 Å². The molecule has 0 aliphatic rings. The number of hydrogen-bond acceptors (Lipinski definition) is 5. The van der Waals surface area contributed by atoms with Crippen LogP contribution >= 0.6 is 0 Å². The van der Waals surface area contributed by atoms with Gasteiger partial charge in [0.05, 0.1) is 26.2 Å². The second-order valence-electron chi connectivity index (χ2n) is 3.75. The fraction of sp³-hybridized carbons (Fsp3) is 0.636. The van der Waals surface area contributed by atoms with Crippen LogP contribution in [0.3, 0.4) is 0 Å². The molecule has 1 aromatic heterocycles. The van der Waals surface area contributed by atoms with Crippen molar-refractivity contribution in [2.24, 2.45) is 0 Å². The van der Waals surface area contributed by atoms with Crippen LogP contribution in [0.15, 0.2) is 16.7 Å². The van der Waals surface area contributed by atoms with Crippen molar-refractivity contribution in [3.8, 4) is 5.75 Å². The fourth-order valence-electron chi connectivity index (χ4n) is 1.47. The van der Waals surface area contributed by atoms with Gasteiger partial charge in [0.1, 0.15) is 5.76 Å². The van der Waals surface area contributed by atoms with Gasteiger partial charge in [-0.05, 0) is 12.8 Å². The van der Waals surface area contributed by atoms with Gasteiger partial charge in [-0.25, -0.2) is 0 Å². The van der Waals surface area contributed by atoms with Crippen molar-refractivity contribution in [2.75, 3.05) is 20.0 Å². The number of aryl methyl sites for hydroxylation is 1. The maximum absolute atomic E-state index is 10.7. The SMILES string of the molecule is COc1ccoc1CCCCCOS(C)(=O)=O. The van der Waals surface area contributed by atoms with Gasteiger partial charge in [-0.3, -0.25) is 4.18 Å². The summed E-state index contributed by atoms with van der Waals surface area (Å²) in [5.41, 5.74) is 0. The van der Waals surface area contributed by atoms with Crippen molar-refractivity contribution in [1.82, 2.24) is 0 Å². The molecule has 17 heavy (non-hydrogen) atoms. The van der Waals surface area contributed by atoms with E-state index < -0.39 is 10.1 Å². The van der Waals surface area contributed by atoms with Gasteiger partial charge in [0.2, 0.25) is 0 Å². The highest BCUT2D eigenvalue weighted by Gasteiger charge is 2.06.